The summed E-state index contributed by atoms with van der Waals surface area (Å²) in [6.07, 6.45) is 13.4. The number of hydrogen-bond acceptors (Lipinski definition) is 2. The zero-order chi connectivity index (χ0) is 13.7. The van der Waals surface area contributed by atoms with E-state index in [0.29, 0.717) is 11.5 Å². The Kier molecular flexibility index (Phi) is 2.95. The second kappa shape index (κ2) is 4.59. The fourth-order valence-electron chi connectivity index (χ4n) is 5.57. The topological polar surface area (TPSA) is 29.9 Å². The van der Waals surface area contributed by atoms with Crippen molar-refractivity contribution in [1.29, 1.82) is 0 Å². The molecule has 0 aromatic carbocycles. The minimum absolute atomic E-state index is 0.485. The Morgan fingerprint density at radius 1 is 1.25 bits per heavy atom. The van der Waals surface area contributed by atoms with Gasteiger partial charge in [0, 0.05) is 12.2 Å². The molecular weight excluding hydrogens is 246 g/mol. The van der Waals surface area contributed by atoms with Crippen LogP contribution < -0.4 is 5.32 Å². The van der Waals surface area contributed by atoms with Gasteiger partial charge in [0.2, 0.25) is 0 Å². The predicted octanol–water partition coefficient (Wildman–Crippen LogP) is 2.96. The second-order valence-corrected chi connectivity index (χ2v) is 7.84. The van der Waals surface area contributed by atoms with Gasteiger partial charge in [0.05, 0.1) is 12.7 Å². The van der Waals surface area contributed by atoms with Gasteiger partial charge in [-0.1, -0.05) is 0 Å². The third-order valence-electron chi connectivity index (χ3n) is 6.24. The number of likely N-dealkylation sites (N-methyl/N-ethyl adjacent to an activating group) is 1. The molecule has 110 valence electrons. The average Bonchev–Trinajstić information content (AvgIpc) is 2.86. The zero-order valence-corrected chi connectivity index (χ0v) is 12.8. The Labute approximate surface area is 122 Å². The largest absolute Gasteiger partial charge is 0.315 e. The van der Waals surface area contributed by atoms with E-state index in [1.807, 2.05) is 7.05 Å². The van der Waals surface area contributed by atoms with Gasteiger partial charge in [-0.05, 0) is 81.2 Å². The lowest BCUT2D eigenvalue weighted by Crippen LogP contribution is -2.48. The molecule has 4 aliphatic rings. The maximum Gasteiger partial charge on any atom is 0.0559 e. The van der Waals surface area contributed by atoms with E-state index in [-0.39, 0.29) is 0 Å². The van der Waals surface area contributed by atoms with Gasteiger partial charge in [0.25, 0.3) is 0 Å². The van der Waals surface area contributed by atoms with Crippen LogP contribution in [0.1, 0.15) is 51.0 Å². The summed E-state index contributed by atoms with van der Waals surface area (Å²) in [5.41, 5.74) is 2.04. The number of nitrogens with one attached hydrogen (secondary N) is 1. The molecule has 1 aromatic heterocycles. The van der Waals surface area contributed by atoms with Crippen LogP contribution >= 0.6 is 0 Å². The number of aromatic nitrogens is 2. The highest BCUT2D eigenvalue weighted by molar-refractivity contribution is 5.25. The van der Waals surface area contributed by atoms with Crippen LogP contribution in [-0.4, -0.2) is 22.9 Å². The predicted molar refractivity (Wildman–Crippen MR) is 80.6 cm³/mol. The minimum atomic E-state index is 0.485. The molecule has 5 rings (SSSR count). The molecule has 0 amide bonds. The molecule has 0 aliphatic heterocycles. The van der Waals surface area contributed by atoms with Crippen molar-refractivity contribution in [2.45, 2.75) is 63.5 Å². The Morgan fingerprint density at radius 2 is 1.85 bits per heavy atom. The van der Waals surface area contributed by atoms with Crippen molar-refractivity contribution in [3.63, 3.8) is 0 Å². The van der Waals surface area contributed by atoms with Gasteiger partial charge in [0.1, 0.15) is 0 Å². The zero-order valence-electron chi connectivity index (χ0n) is 12.8. The summed E-state index contributed by atoms with van der Waals surface area (Å²) in [6, 6.07) is 0.485. The van der Waals surface area contributed by atoms with E-state index >= 15 is 0 Å². The highest BCUT2D eigenvalue weighted by Crippen LogP contribution is 2.60. The first-order valence-corrected chi connectivity index (χ1v) is 8.37. The number of rotatable bonds is 4. The lowest BCUT2D eigenvalue weighted by Gasteiger charge is -2.56. The van der Waals surface area contributed by atoms with Crippen molar-refractivity contribution >= 4 is 0 Å². The molecule has 3 nitrogen and oxygen atoms in total. The summed E-state index contributed by atoms with van der Waals surface area (Å²) in [6.45, 7) is 3.19. The van der Waals surface area contributed by atoms with Crippen LogP contribution in [0.25, 0.3) is 0 Å². The van der Waals surface area contributed by atoms with Crippen LogP contribution in [0, 0.1) is 17.8 Å². The van der Waals surface area contributed by atoms with E-state index in [1.165, 1.54) is 38.5 Å². The number of hydrogen-bond donors (Lipinski definition) is 1. The summed E-state index contributed by atoms with van der Waals surface area (Å²) in [7, 11) is 2.02. The lowest BCUT2D eigenvalue weighted by molar-refractivity contribution is -0.00523. The standard InChI is InChI=1S/C17H27N3/c1-12(18-2)10-20-11-16(9-19-20)17-6-13-3-14(7-17)5-15(4-13)8-17/h9,11-15,18H,3-8,10H2,1-2H3. The van der Waals surface area contributed by atoms with Gasteiger partial charge in [-0.15, -0.1) is 0 Å². The quantitative estimate of drug-likeness (QED) is 0.914. The summed E-state index contributed by atoms with van der Waals surface area (Å²) in [5, 5.41) is 7.94. The first kappa shape index (κ1) is 12.9. The number of nitrogens with zero attached hydrogens (tertiary/aromatic N) is 2. The first-order valence-electron chi connectivity index (χ1n) is 8.37. The summed E-state index contributed by atoms with van der Waals surface area (Å²) in [4.78, 5) is 0. The second-order valence-electron chi connectivity index (χ2n) is 7.84. The fraction of sp³-hybridized carbons (Fsp3) is 0.824. The third-order valence-corrected chi connectivity index (χ3v) is 6.24. The van der Waals surface area contributed by atoms with Crippen molar-refractivity contribution in [2.24, 2.45) is 17.8 Å². The molecule has 3 heteroatoms. The SMILES string of the molecule is CNC(C)Cn1cc(C23CC4CC(CC(C4)C2)C3)cn1. The normalized spacial score (nSPS) is 40.2. The third kappa shape index (κ3) is 2.02. The van der Waals surface area contributed by atoms with E-state index in [1.54, 1.807) is 5.56 Å². The lowest BCUT2D eigenvalue weighted by atomic mass is 9.48. The van der Waals surface area contributed by atoms with Crippen molar-refractivity contribution in [3.05, 3.63) is 18.0 Å². The van der Waals surface area contributed by atoms with Crippen LogP contribution in [-0.2, 0) is 12.0 Å². The van der Waals surface area contributed by atoms with E-state index in [4.69, 9.17) is 0 Å². The van der Waals surface area contributed by atoms with Crippen LogP contribution in [0.2, 0.25) is 0 Å². The highest BCUT2D eigenvalue weighted by Gasteiger charge is 2.51. The Balaban J connectivity index is 1.58. The maximum atomic E-state index is 4.64. The molecule has 0 spiro atoms. The van der Waals surface area contributed by atoms with E-state index in [9.17, 15) is 0 Å². The molecule has 4 bridgehead atoms. The Hall–Kier alpha value is -0.830. The van der Waals surface area contributed by atoms with Gasteiger partial charge in [-0.2, -0.15) is 5.10 Å². The summed E-state index contributed by atoms with van der Waals surface area (Å²) < 4.78 is 2.15. The first-order chi connectivity index (χ1) is 9.67. The van der Waals surface area contributed by atoms with E-state index in [0.717, 1.165) is 24.3 Å². The molecular formula is C17H27N3. The highest BCUT2D eigenvalue weighted by atomic mass is 15.3. The fourth-order valence-corrected chi connectivity index (χ4v) is 5.57. The van der Waals surface area contributed by atoms with Crippen molar-refractivity contribution < 1.29 is 0 Å². The molecule has 0 saturated heterocycles. The van der Waals surface area contributed by atoms with Crippen molar-refractivity contribution in [3.8, 4) is 0 Å². The smallest absolute Gasteiger partial charge is 0.0559 e. The average molecular weight is 273 g/mol. The Morgan fingerprint density at radius 3 is 2.40 bits per heavy atom. The Bertz CT molecular complexity index is 455. The molecule has 1 N–H and O–H groups in total. The molecule has 4 saturated carbocycles. The molecule has 20 heavy (non-hydrogen) atoms. The van der Waals surface area contributed by atoms with Gasteiger partial charge < -0.3 is 5.32 Å². The summed E-state index contributed by atoms with van der Waals surface area (Å²) >= 11 is 0. The van der Waals surface area contributed by atoms with E-state index < -0.39 is 0 Å². The summed E-state index contributed by atoms with van der Waals surface area (Å²) in [5.74, 6) is 3.04. The van der Waals surface area contributed by atoms with Gasteiger partial charge in [-0.25, -0.2) is 0 Å². The van der Waals surface area contributed by atoms with Crippen LogP contribution in [0.3, 0.4) is 0 Å². The molecule has 1 unspecified atom stereocenters. The van der Waals surface area contributed by atoms with Crippen molar-refractivity contribution in [1.82, 2.24) is 15.1 Å². The molecule has 4 fully saturated rings. The van der Waals surface area contributed by atoms with Crippen LogP contribution in [0.15, 0.2) is 12.4 Å². The van der Waals surface area contributed by atoms with E-state index in [2.05, 4.69) is 34.4 Å². The molecule has 0 radical (unpaired) electrons. The molecule has 1 aromatic rings. The monoisotopic (exact) mass is 273 g/mol. The maximum absolute atomic E-state index is 4.64. The molecule has 1 atom stereocenters. The van der Waals surface area contributed by atoms with Gasteiger partial charge in [0.15, 0.2) is 0 Å². The van der Waals surface area contributed by atoms with Crippen LogP contribution in [0.4, 0.5) is 0 Å². The van der Waals surface area contributed by atoms with Crippen molar-refractivity contribution in [2.75, 3.05) is 7.05 Å². The molecule has 1 heterocycles. The van der Waals surface area contributed by atoms with Crippen LogP contribution in [0.5, 0.6) is 0 Å². The molecule has 4 aliphatic carbocycles. The minimum Gasteiger partial charge on any atom is -0.315 e. The van der Waals surface area contributed by atoms with Gasteiger partial charge >= 0.3 is 0 Å². The van der Waals surface area contributed by atoms with Gasteiger partial charge in [-0.3, -0.25) is 4.68 Å².